The van der Waals surface area contributed by atoms with E-state index in [-0.39, 0.29) is 0 Å². The molecule has 1 aromatic rings. The van der Waals surface area contributed by atoms with Crippen LogP contribution < -0.4 is 11.2 Å². The highest BCUT2D eigenvalue weighted by Gasteiger charge is 2.46. The zero-order valence-electron chi connectivity index (χ0n) is 10.7. The summed E-state index contributed by atoms with van der Waals surface area (Å²) >= 11 is 17.0. The molecule has 2 heterocycles. The minimum absolute atomic E-state index is 0.439. The molecule has 3 N–H and O–H groups in total. The molecule has 124 valence electrons. The van der Waals surface area contributed by atoms with Crippen LogP contribution in [0.15, 0.2) is 21.9 Å². The van der Waals surface area contributed by atoms with E-state index in [9.17, 15) is 19.8 Å². The van der Waals surface area contributed by atoms with Gasteiger partial charge in [-0.25, -0.2) is 4.79 Å². The van der Waals surface area contributed by atoms with Gasteiger partial charge >= 0.3 is 5.69 Å². The predicted molar refractivity (Wildman–Crippen MR) is 87.6 cm³/mol. The van der Waals surface area contributed by atoms with Crippen molar-refractivity contribution in [3.05, 3.63) is 33.1 Å². The number of ether oxygens (including phenoxy) is 1. The Hall–Kier alpha value is 0.130. The summed E-state index contributed by atoms with van der Waals surface area (Å²) in [5, 5.41) is 18.7. The Balaban J connectivity index is 2.29. The monoisotopic (exact) mass is 408 g/mol. The number of aromatic amines is 1. The van der Waals surface area contributed by atoms with E-state index in [1.807, 2.05) is 0 Å². The van der Waals surface area contributed by atoms with Crippen molar-refractivity contribution in [2.24, 2.45) is 0 Å². The van der Waals surface area contributed by atoms with Crippen LogP contribution in [0.3, 0.4) is 0 Å². The number of aromatic nitrogens is 2. The Morgan fingerprint density at radius 3 is 2.64 bits per heavy atom. The molecule has 0 radical (unpaired) electrons. The van der Waals surface area contributed by atoms with Crippen LogP contribution in [0.25, 0.3) is 0 Å². The Labute approximate surface area is 147 Å². The number of hydrogen-bond donors (Lipinski definition) is 3. The van der Waals surface area contributed by atoms with E-state index in [4.69, 9.17) is 39.5 Å². The van der Waals surface area contributed by atoms with Crippen LogP contribution in [0, 0.1) is 0 Å². The molecule has 12 heteroatoms. The number of aliphatic hydroxyl groups excluding tert-OH is 2. The molecule has 1 aliphatic heterocycles. The highest BCUT2D eigenvalue weighted by molar-refractivity contribution is 8.78. The molecule has 7 nitrogen and oxygen atoms in total. The van der Waals surface area contributed by atoms with Crippen LogP contribution >= 0.6 is 56.4 Å². The third-order valence-electron chi connectivity index (χ3n) is 2.87. The van der Waals surface area contributed by atoms with Crippen molar-refractivity contribution in [2.45, 2.75) is 26.8 Å². The fraction of sp³-hybridized carbons (Fsp3) is 0.600. The number of nitrogens with one attached hydrogen (secondary N) is 1. The number of rotatable bonds is 4. The standard InChI is InChI=1S/C10H11Cl3N2O5S2/c11-10(12,13)22-21-7-6(18)4(3-16)20-8(7)15-2-1-5(17)14-9(15)19/h1-2,4,6-8,16,18H,3H2,(H,14,17,19)/t4-,6-,7+,8-/m1/s1. The van der Waals surface area contributed by atoms with E-state index in [2.05, 4.69) is 4.98 Å². The summed E-state index contributed by atoms with van der Waals surface area (Å²) in [6.07, 6.45) is -1.66. The number of nitrogens with zero attached hydrogens (tertiary/aromatic N) is 1. The van der Waals surface area contributed by atoms with Gasteiger partial charge in [-0.2, -0.15) is 0 Å². The lowest BCUT2D eigenvalue weighted by atomic mass is 10.2. The van der Waals surface area contributed by atoms with Gasteiger partial charge in [0.05, 0.1) is 18.0 Å². The number of hydrogen-bond acceptors (Lipinski definition) is 7. The minimum Gasteiger partial charge on any atom is -0.394 e. The Bertz CT molecular complexity index is 634. The molecule has 0 saturated carbocycles. The van der Waals surface area contributed by atoms with Crippen molar-refractivity contribution in [1.29, 1.82) is 0 Å². The average molecular weight is 410 g/mol. The van der Waals surface area contributed by atoms with Gasteiger partial charge in [0.15, 0.2) is 6.23 Å². The van der Waals surface area contributed by atoms with Crippen LogP contribution in [-0.4, -0.2) is 47.0 Å². The summed E-state index contributed by atoms with van der Waals surface area (Å²) < 4.78 is 4.97. The molecule has 22 heavy (non-hydrogen) atoms. The quantitative estimate of drug-likeness (QED) is 0.500. The lowest BCUT2D eigenvalue weighted by Gasteiger charge is -2.22. The zero-order valence-corrected chi connectivity index (χ0v) is 14.6. The average Bonchev–Trinajstić information content (AvgIpc) is 2.72. The maximum atomic E-state index is 11.9. The lowest BCUT2D eigenvalue weighted by molar-refractivity contribution is -0.0457. The van der Waals surface area contributed by atoms with Gasteiger partial charge in [-0.3, -0.25) is 14.3 Å². The van der Waals surface area contributed by atoms with Crippen molar-refractivity contribution < 1.29 is 14.9 Å². The van der Waals surface area contributed by atoms with Gasteiger partial charge in [0.25, 0.3) is 5.56 Å². The Morgan fingerprint density at radius 2 is 2.09 bits per heavy atom. The fourth-order valence-corrected chi connectivity index (χ4v) is 5.00. The van der Waals surface area contributed by atoms with Gasteiger partial charge in [-0.1, -0.05) is 45.6 Å². The number of aliphatic hydroxyl groups is 2. The molecule has 0 spiro atoms. The van der Waals surface area contributed by atoms with Gasteiger partial charge in [-0.05, 0) is 10.8 Å². The van der Waals surface area contributed by atoms with Crippen LogP contribution in [0.2, 0.25) is 0 Å². The van der Waals surface area contributed by atoms with Crippen molar-refractivity contribution in [3.8, 4) is 0 Å². The van der Waals surface area contributed by atoms with Crippen LogP contribution in [0.4, 0.5) is 0 Å². The van der Waals surface area contributed by atoms with Crippen LogP contribution in [0.1, 0.15) is 6.23 Å². The Morgan fingerprint density at radius 1 is 1.41 bits per heavy atom. The summed E-state index contributed by atoms with van der Waals surface area (Å²) in [7, 11) is 1.88. The third kappa shape index (κ3) is 4.35. The second-order valence-electron chi connectivity index (χ2n) is 4.35. The molecule has 1 fully saturated rings. The second-order valence-corrected chi connectivity index (χ2v) is 9.89. The first-order valence-corrected chi connectivity index (χ1v) is 9.24. The molecule has 1 aliphatic rings. The molecule has 0 aliphatic carbocycles. The lowest BCUT2D eigenvalue weighted by Crippen LogP contribution is -2.36. The van der Waals surface area contributed by atoms with Gasteiger partial charge in [0.1, 0.15) is 6.10 Å². The van der Waals surface area contributed by atoms with E-state index in [1.165, 1.54) is 6.20 Å². The normalized spacial score (nSPS) is 29.0. The summed E-state index contributed by atoms with van der Waals surface area (Å²) in [5.74, 6) is 0. The maximum Gasteiger partial charge on any atom is 0.330 e. The van der Waals surface area contributed by atoms with Gasteiger partial charge in [0, 0.05) is 12.3 Å². The first-order chi connectivity index (χ1) is 10.2. The van der Waals surface area contributed by atoms with Crippen molar-refractivity contribution in [3.63, 3.8) is 0 Å². The van der Waals surface area contributed by atoms with Crippen LogP contribution in [-0.2, 0) is 4.74 Å². The maximum absolute atomic E-state index is 11.9. The predicted octanol–water partition coefficient (Wildman–Crippen LogP) is 0.865. The van der Waals surface area contributed by atoms with E-state index in [1.54, 1.807) is 0 Å². The SMILES string of the molecule is O=c1ccn([C@@H]2O[C@H](CO)[C@@H](O)[C@@H]2SSC(Cl)(Cl)Cl)c(=O)[nH]1. The van der Waals surface area contributed by atoms with Crippen LogP contribution in [0.5, 0.6) is 0 Å². The molecule has 0 unspecified atom stereocenters. The summed E-state index contributed by atoms with van der Waals surface area (Å²) in [6, 6.07) is 1.15. The van der Waals surface area contributed by atoms with Crippen molar-refractivity contribution in [2.75, 3.05) is 6.61 Å². The molecular weight excluding hydrogens is 399 g/mol. The summed E-state index contributed by atoms with van der Waals surface area (Å²) in [4.78, 5) is 25.1. The zero-order chi connectivity index (χ0) is 16.5. The van der Waals surface area contributed by atoms with Gasteiger partial charge < -0.3 is 14.9 Å². The first-order valence-electron chi connectivity index (χ1n) is 5.90. The molecule has 0 bridgehead atoms. The smallest absolute Gasteiger partial charge is 0.330 e. The molecule has 1 aromatic heterocycles. The molecule has 4 atom stereocenters. The largest absolute Gasteiger partial charge is 0.394 e. The van der Waals surface area contributed by atoms with Crippen molar-refractivity contribution >= 4 is 56.4 Å². The summed E-state index contributed by atoms with van der Waals surface area (Å²) in [6.45, 7) is -0.439. The highest BCUT2D eigenvalue weighted by Crippen LogP contribution is 2.51. The molecule has 0 aromatic carbocycles. The number of halogens is 3. The summed E-state index contributed by atoms with van der Waals surface area (Å²) in [5.41, 5.74) is -1.26. The van der Waals surface area contributed by atoms with E-state index in [0.29, 0.717) is 0 Å². The van der Waals surface area contributed by atoms with Gasteiger partial charge in [-0.15, -0.1) is 0 Å². The molecule has 2 rings (SSSR count). The van der Waals surface area contributed by atoms with Crippen molar-refractivity contribution in [1.82, 2.24) is 9.55 Å². The molecule has 0 amide bonds. The van der Waals surface area contributed by atoms with E-state index >= 15 is 0 Å². The van der Waals surface area contributed by atoms with E-state index in [0.717, 1.165) is 32.2 Å². The van der Waals surface area contributed by atoms with Gasteiger partial charge in [0.2, 0.25) is 3.12 Å². The number of alkyl halides is 3. The highest BCUT2D eigenvalue weighted by atomic mass is 35.6. The minimum atomic E-state index is -1.62. The molecule has 1 saturated heterocycles. The van der Waals surface area contributed by atoms with E-state index < -0.39 is 44.7 Å². The topological polar surface area (TPSA) is 105 Å². The number of H-pyrrole nitrogens is 1. The third-order valence-corrected chi connectivity index (χ3v) is 7.11. The molecular formula is C10H11Cl3N2O5S2. The second kappa shape index (κ2) is 7.35. The fourth-order valence-electron chi connectivity index (χ4n) is 1.93. The first kappa shape index (κ1) is 18.5. The Kier molecular flexibility index (Phi) is 6.17.